The van der Waals surface area contributed by atoms with E-state index < -0.39 is 5.41 Å². The van der Waals surface area contributed by atoms with Gasteiger partial charge in [0, 0.05) is 27.5 Å². The smallest absolute Gasteiger partial charge is 0.164 e. The minimum Gasteiger partial charge on any atom is -0.309 e. The topological polar surface area (TPSA) is 43.6 Å². The number of aromatic nitrogens is 4. The normalized spacial score (nSPS) is 14.9. The van der Waals surface area contributed by atoms with Crippen molar-refractivity contribution in [3.05, 3.63) is 216 Å². The van der Waals surface area contributed by atoms with Crippen molar-refractivity contribution < 1.29 is 0 Å². The van der Waals surface area contributed by atoms with Crippen LogP contribution >= 0.6 is 0 Å². The van der Waals surface area contributed by atoms with Crippen LogP contribution in [0.5, 0.6) is 0 Å². The Hall–Kier alpha value is -7.43. The first-order chi connectivity index (χ1) is 27.8. The van der Waals surface area contributed by atoms with Gasteiger partial charge in [-0.25, -0.2) is 15.0 Å². The molecule has 2 aromatic heterocycles. The molecule has 8 aromatic carbocycles. The number of rotatable bonds is 4. The van der Waals surface area contributed by atoms with Gasteiger partial charge >= 0.3 is 0 Å². The van der Waals surface area contributed by atoms with Crippen LogP contribution in [-0.4, -0.2) is 19.5 Å². The molecule has 10 aromatic rings. The Balaban J connectivity index is 1.11. The molecule has 1 unspecified atom stereocenters. The zero-order valence-corrected chi connectivity index (χ0v) is 30.3. The van der Waals surface area contributed by atoms with E-state index in [0.29, 0.717) is 17.5 Å². The summed E-state index contributed by atoms with van der Waals surface area (Å²) in [5.74, 6) is 1.95. The summed E-state index contributed by atoms with van der Waals surface area (Å²) >= 11 is 0. The van der Waals surface area contributed by atoms with Gasteiger partial charge in [0.2, 0.25) is 0 Å². The SMILES string of the molecule is c1ccc(-c2nc(-c3ccccc3)nc(-c3cccc(-c4cccc5c4-c4ccccc4C54c5ccccc5-n5c6ccccc6c6cccc4c65)c3)n2)cc1. The van der Waals surface area contributed by atoms with Crippen LogP contribution in [-0.2, 0) is 5.41 Å². The largest absolute Gasteiger partial charge is 0.309 e. The maximum atomic E-state index is 5.07. The average molecular weight is 713 g/mol. The summed E-state index contributed by atoms with van der Waals surface area (Å²) < 4.78 is 2.50. The van der Waals surface area contributed by atoms with Crippen LogP contribution in [0.3, 0.4) is 0 Å². The maximum Gasteiger partial charge on any atom is 0.164 e. The van der Waals surface area contributed by atoms with E-state index in [1.165, 1.54) is 66.4 Å². The summed E-state index contributed by atoms with van der Waals surface area (Å²) in [6.07, 6.45) is 0. The molecule has 1 spiro atoms. The molecule has 12 rings (SSSR count). The molecule has 1 atom stereocenters. The summed E-state index contributed by atoms with van der Waals surface area (Å²) in [6.45, 7) is 0. The molecule has 1 aliphatic heterocycles. The number of fused-ring (bicyclic) bond motifs is 12. The first-order valence-electron chi connectivity index (χ1n) is 19.1. The third kappa shape index (κ3) is 4.21. The van der Waals surface area contributed by atoms with Crippen LogP contribution in [0.15, 0.2) is 194 Å². The van der Waals surface area contributed by atoms with Crippen LogP contribution in [0.4, 0.5) is 0 Å². The van der Waals surface area contributed by atoms with E-state index in [1.54, 1.807) is 0 Å². The molecule has 0 saturated carbocycles. The van der Waals surface area contributed by atoms with Crippen LogP contribution < -0.4 is 0 Å². The lowest BCUT2D eigenvalue weighted by molar-refractivity contribution is 0.748. The molecule has 0 fully saturated rings. The molecular weight excluding hydrogens is 681 g/mol. The fourth-order valence-corrected chi connectivity index (χ4v) is 9.61. The minimum absolute atomic E-state index is 0.511. The molecule has 4 heteroatoms. The third-order valence-corrected chi connectivity index (χ3v) is 11.8. The lowest BCUT2D eigenvalue weighted by Crippen LogP contribution is -2.33. The quantitative estimate of drug-likeness (QED) is 0.182. The van der Waals surface area contributed by atoms with E-state index in [-0.39, 0.29) is 0 Å². The van der Waals surface area contributed by atoms with Crippen molar-refractivity contribution >= 4 is 21.8 Å². The molecule has 0 amide bonds. The Bertz CT molecular complexity index is 3140. The lowest BCUT2D eigenvalue weighted by Gasteiger charge is -2.39. The van der Waals surface area contributed by atoms with Gasteiger partial charge in [-0.2, -0.15) is 0 Å². The predicted molar refractivity (Wildman–Crippen MR) is 227 cm³/mol. The summed E-state index contributed by atoms with van der Waals surface area (Å²) in [5.41, 5.74) is 16.1. The van der Waals surface area contributed by atoms with Crippen LogP contribution in [0.2, 0.25) is 0 Å². The van der Waals surface area contributed by atoms with Crippen molar-refractivity contribution in [3.63, 3.8) is 0 Å². The van der Waals surface area contributed by atoms with Gasteiger partial charge in [0.1, 0.15) is 0 Å². The third-order valence-electron chi connectivity index (χ3n) is 11.8. The minimum atomic E-state index is -0.511. The predicted octanol–water partition coefficient (Wildman–Crippen LogP) is 12.3. The van der Waals surface area contributed by atoms with Gasteiger partial charge in [0.05, 0.1) is 22.1 Å². The van der Waals surface area contributed by atoms with E-state index >= 15 is 0 Å². The van der Waals surface area contributed by atoms with E-state index in [0.717, 1.165) is 22.3 Å². The molecule has 2 aliphatic rings. The number of para-hydroxylation sites is 3. The zero-order valence-electron chi connectivity index (χ0n) is 30.3. The molecule has 260 valence electrons. The highest BCUT2D eigenvalue weighted by Crippen LogP contribution is 2.62. The Morgan fingerprint density at radius 3 is 1.66 bits per heavy atom. The van der Waals surface area contributed by atoms with Crippen LogP contribution in [0, 0.1) is 0 Å². The molecule has 0 bridgehead atoms. The van der Waals surface area contributed by atoms with Crippen molar-refractivity contribution in [3.8, 4) is 62.1 Å². The Kier molecular flexibility index (Phi) is 6.52. The van der Waals surface area contributed by atoms with Crippen molar-refractivity contribution in [2.75, 3.05) is 0 Å². The summed E-state index contributed by atoms with van der Waals surface area (Å²) in [5, 5.41) is 2.56. The van der Waals surface area contributed by atoms with Crippen molar-refractivity contribution in [2.45, 2.75) is 5.41 Å². The maximum absolute atomic E-state index is 5.07. The van der Waals surface area contributed by atoms with Gasteiger partial charge < -0.3 is 4.57 Å². The fraction of sp³-hybridized carbons (Fsp3) is 0.0192. The first-order valence-corrected chi connectivity index (χ1v) is 19.1. The fourth-order valence-electron chi connectivity index (χ4n) is 9.61. The second-order valence-electron chi connectivity index (χ2n) is 14.7. The standard InChI is InChI=1S/C52H32N4/c1-3-16-33(17-4-1)49-53-50(34-18-5-2-6-19-34)55-51(54-49)36-21-13-20-35(32-36)37-24-14-28-43-47(37)40-23-7-9-26-41(40)52(43)42-27-10-12-31-46(42)56-45-30-11-8-22-38(45)39-25-15-29-44(52)48(39)56/h1-32H. The Morgan fingerprint density at radius 1 is 0.357 bits per heavy atom. The number of benzene rings is 8. The molecule has 0 radical (unpaired) electrons. The highest BCUT2D eigenvalue weighted by Gasteiger charge is 2.51. The van der Waals surface area contributed by atoms with Gasteiger partial charge in [0.25, 0.3) is 0 Å². The molecule has 4 nitrogen and oxygen atoms in total. The van der Waals surface area contributed by atoms with E-state index in [9.17, 15) is 0 Å². The van der Waals surface area contributed by atoms with E-state index in [4.69, 9.17) is 15.0 Å². The van der Waals surface area contributed by atoms with Crippen molar-refractivity contribution in [2.24, 2.45) is 0 Å². The second kappa shape index (κ2) is 11.8. The van der Waals surface area contributed by atoms with Gasteiger partial charge in [0.15, 0.2) is 17.5 Å². The first kappa shape index (κ1) is 31.0. The van der Waals surface area contributed by atoms with Crippen molar-refractivity contribution in [1.82, 2.24) is 19.5 Å². The van der Waals surface area contributed by atoms with Crippen molar-refractivity contribution in [1.29, 1.82) is 0 Å². The Labute approximate surface area is 324 Å². The molecule has 3 heterocycles. The van der Waals surface area contributed by atoms with E-state index in [2.05, 4.69) is 138 Å². The van der Waals surface area contributed by atoms with E-state index in [1.807, 2.05) is 60.7 Å². The molecule has 0 N–H and O–H groups in total. The second-order valence-corrected chi connectivity index (χ2v) is 14.7. The monoisotopic (exact) mass is 712 g/mol. The highest BCUT2D eigenvalue weighted by atomic mass is 15.0. The summed E-state index contributed by atoms with van der Waals surface area (Å²) in [6, 6.07) is 69.7. The van der Waals surface area contributed by atoms with Gasteiger partial charge in [-0.05, 0) is 62.7 Å². The number of hydrogen-bond acceptors (Lipinski definition) is 3. The molecular formula is C52H32N4. The van der Waals surface area contributed by atoms with Crippen LogP contribution in [0.25, 0.3) is 83.9 Å². The molecule has 56 heavy (non-hydrogen) atoms. The molecule has 1 aliphatic carbocycles. The molecule has 0 saturated heterocycles. The average Bonchev–Trinajstić information content (AvgIpc) is 3.78. The lowest BCUT2D eigenvalue weighted by atomic mass is 9.65. The van der Waals surface area contributed by atoms with Gasteiger partial charge in [-0.3, -0.25) is 0 Å². The van der Waals surface area contributed by atoms with Gasteiger partial charge in [-0.15, -0.1) is 0 Å². The van der Waals surface area contributed by atoms with Gasteiger partial charge in [-0.1, -0.05) is 176 Å². The highest BCUT2D eigenvalue weighted by molar-refractivity contribution is 6.13. The Morgan fingerprint density at radius 2 is 0.875 bits per heavy atom. The number of nitrogens with zero attached hydrogens (tertiary/aromatic N) is 4. The summed E-state index contributed by atoms with van der Waals surface area (Å²) in [7, 11) is 0. The number of hydrogen-bond donors (Lipinski definition) is 0. The zero-order chi connectivity index (χ0) is 36.8. The van der Waals surface area contributed by atoms with Crippen LogP contribution in [0.1, 0.15) is 22.3 Å². The summed E-state index contributed by atoms with van der Waals surface area (Å²) in [4.78, 5) is 15.1.